The maximum Gasteiger partial charge on any atom is 0.219 e. The Hall–Kier alpha value is -3.24. The van der Waals surface area contributed by atoms with Crippen LogP contribution < -0.4 is 10.6 Å². The Morgan fingerprint density at radius 3 is 2.65 bits per heavy atom. The van der Waals surface area contributed by atoms with E-state index in [9.17, 15) is 4.79 Å². The third-order valence-electron chi connectivity index (χ3n) is 4.77. The van der Waals surface area contributed by atoms with Crippen molar-refractivity contribution in [3.05, 3.63) is 41.7 Å². The maximum atomic E-state index is 11.7. The summed E-state index contributed by atoms with van der Waals surface area (Å²) in [6, 6.07) is 3.96. The fourth-order valence-electron chi connectivity index (χ4n) is 3.23. The molecule has 2 aromatic heterocycles. The summed E-state index contributed by atoms with van der Waals surface area (Å²) in [4.78, 5) is 26.9. The van der Waals surface area contributed by atoms with E-state index in [1.54, 1.807) is 18.5 Å². The topological polar surface area (TPSA) is 94.2 Å². The zero-order chi connectivity index (χ0) is 22.1. The average molecular weight is 420 g/mol. The molecule has 1 fully saturated rings. The van der Waals surface area contributed by atoms with Crippen molar-refractivity contribution in [3.63, 3.8) is 0 Å². The molecule has 31 heavy (non-hydrogen) atoms. The van der Waals surface area contributed by atoms with Crippen LogP contribution >= 0.6 is 0 Å². The molecular formula is C24H29N5O2. The van der Waals surface area contributed by atoms with Gasteiger partial charge in [0.05, 0.1) is 18.9 Å². The molecule has 3 heterocycles. The summed E-state index contributed by atoms with van der Waals surface area (Å²) in [7, 11) is 0. The van der Waals surface area contributed by atoms with Crippen molar-refractivity contribution in [2.24, 2.45) is 0 Å². The number of ketones is 1. The summed E-state index contributed by atoms with van der Waals surface area (Å²) < 4.78 is 5.46. The molecule has 0 aliphatic carbocycles. The van der Waals surface area contributed by atoms with E-state index in [4.69, 9.17) is 15.5 Å². The van der Waals surface area contributed by atoms with Gasteiger partial charge in [0.15, 0.2) is 5.78 Å². The molecule has 0 radical (unpaired) electrons. The molecule has 0 spiro atoms. The highest BCUT2D eigenvalue weighted by atomic mass is 16.5. The highest BCUT2D eigenvalue weighted by Crippen LogP contribution is 2.23. The lowest BCUT2D eigenvalue weighted by atomic mass is 10.1. The number of nitrogens with zero attached hydrogens (tertiary/aromatic N) is 4. The van der Waals surface area contributed by atoms with Crippen LogP contribution in [-0.4, -0.2) is 47.0 Å². The van der Waals surface area contributed by atoms with Crippen LogP contribution in [0, 0.1) is 11.8 Å². The molecule has 0 aromatic carbocycles. The second-order valence-corrected chi connectivity index (χ2v) is 7.73. The molecule has 0 saturated carbocycles. The van der Waals surface area contributed by atoms with Crippen LogP contribution in [0.15, 0.2) is 36.2 Å². The molecule has 1 aliphatic heterocycles. The minimum absolute atomic E-state index is 0.188. The molecule has 3 rings (SSSR count). The van der Waals surface area contributed by atoms with E-state index < -0.39 is 0 Å². The molecule has 0 bridgehead atoms. The summed E-state index contributed by atoms with van der Waals surface area (Å²) >= 11 is 0. The van der Waals surface area contributed by atoms with Crippen molar-refractivity contribution >= 4 is 17.5 Å². The molecule has 7 nitrogen and oxygen atoms in total. The Balaban J connectivity index is 1.71. The molecule has 0 atom stereocenters. The van der Waals surface area contributed by atoms with Crippen molar-refractivity contribution in [3.8, 4) is 23.1 Å². The number of hydrogen-bond acceptors (Lipinski definition) is 7. The molecule has 2 N–H and O–H groups in total. The number of carbonyl (C=O) groups excluding carboxylic acids is 1. The highest BCUT2D eigenvalue weighted by molar-refractivity contribution is 5.90. The SMILES string of the molecule is CC(C)=CC(=O)CCCCC#Cc1cc(-c2cnc(N)nc2)nc(N2CCOCC2)c1. The molecule has 0 unspecified atom stereocenters. The van der Waals surface area contributed by atoms with E-state index in [0.29, 0.717) is 19.6 Å². The van der Waals surface area contributed by atoms with Crippen LogP contribution in [0.1, 0.15) is 45.1 Å². The zero-order valence-electron chi connectivity index (χ0n) is 18.2. The van der Waals surface area contributed by atoms with Crippen LogP contribution in [0.25, 0.3) is 11.3 Å². The number of pyridine rings is 1. The lowest BCUT2D eigenvalue weighted by Crippen LogP contribution is -2.36. The van der Waals surface area contributed by atoms with Crippen LogP contribution in [0.2, 0.25) is 0 Å². The fourth-order valence-corrected chi connectivity index (χ4v) is 3.23. The Bertz CT molecular complexity index is 979. The average Bonchev–Trinajstić information content (AvgIpc) is 2.76. The fraction of sp³-hybridized carbons (Fsp3) is 0.417. The normalized spacial score (nSPS) is 13.3. The molecule has 7 heteroatoms. The number of rotatable bonds is 7. The second kappa shape index (κ2) is 11.2. The van der Waals surface area contributed by atoms with Crippen LogP contribution in [0.3, 0.4) is 0 Å². The predicted molar refractivity (Wildman–Crippen MR) is 122 cm³/mol. The number of carbonyl (C=O) groups is 1. The first-order chi connectivity index (χ1) is 15.0. The largest absolute Gasteiger partial charge is 0.378 e. The van der Waals surface area contributed by atoms with Crippen LogP contribution in [-0.2, 0) is 9.53 Å². The summed E-state index contributed by atoms with van der Waals surface area (Å²) in [5, 5.41) is 0. The number of nitrogen functional groups attached to an aromatic ring is 1. The van der Waals surface area contributed by atoms with Gasteiger partial charge in [-0.25, -0.2) is 15.0 Å². The van der Waals surface area contributed by atoms with E-state index in [0.717, 1.165) is 60.6 Å². The van der Waals surface area contributed by atoms with Gasteiger partial charge in [0, 0.05) is 49.5 Å². The van der Waals surface area contributed by atoms with Crippen molar-refractivity contribution in [1.29, 1.82) is 0 Å². The Morgan fingerprint density at radius 2 is 1.94 bits per heavy atom. The second-order valence-electron chi connectivity index (χ2n) is 7.73. The minimum Gasteiger partial charge on any atom is -0.378 e. The molecule has 2 aromatic rings. The van der Waals surface area contributed by atoms with Gasteiger partial charge in [-0.2, -0.15) is 0 Å². The monoisotopic (exact) mass is 419 g/mol. The molecule has 162 valence electrons. The van der Waals surface area contributed by atoms with Crippen LogP contribution in [0.4, 0.5) is 11.8 Å². The summed E-state index contributed by atoms with van der Waals surface area (Å²) in [5.74, 6) is 7.78. The Morgan fingerprint density at radius 1 is 1.19 bits per heavy atom. The third kappa shape index (κ3) is 7.19. The van der Waals surface area contributed by atoms with Crippen molar-refractivity contribution in [2.75, 3.05) is 36.9 Å². The van der Waals surface area contributed by atoms with Gasteiger partial charge in [-0.05, 0) is 44.9 Å². The van der Waals surface area contributed by atoms with Crippen LogP contribution in [0.5, 0.6) is 0 Å². The van der Waals surface area contributed by atoms with Crippen molar-refractivity contribution in [1.82, 2.24) is 15.0 Å². The van der Waals surface area contributed by atoms with Gasteiger partial charge < -0.3 is 15.4 Å². The first-order valence-electron chi connectivity index (χ1n) is 10.6. The smallest absolute Gasteiger partial charge is 0.219 e. The number of morpholine rings is 1. The molecule has 1 saturated heterocycles. The Labute approximate surface area is 183 Å². The number of allylic oxidation sites excluding steroid dienone is 2. The van der Waals surface area contributed by atoms with E-state index in [1.807, 2.05) is 26.0 Å². The number of aromatic nitrogens is 3. The summed E-state index contributed by atoms with van der Waals surface area (Å²) in [6.07, 6.45) is 8.12. The highest BCUT2D eigenvalue weighted by Gasteiger charge is 2.15. The zero-order valence-corrected chi connectivity index (χ0v) is 18.2. The van der Waals surface area contributed by atoms with Gasteiger partial charge in [0.1, 0.15) is 5.82 Å². The first kappa shape index (κ1) is 22.4. The van der Waals surface area contributed by atoms with Crippen molar-refractivity contribution < 1.29 is 9.53 Å². The van der Waals surface area contributed by atoms with Gasteiger partial charge in [0.2, 0.25) is 5.95 Å². The van der Waals surface area contributed by atoms with Crippen molar-refractivity contribution in [2.45, 2.75) is 39.5 Å². The van der Waals surface area contributed by atoms with E-state index in [-0.39, 0.29) is 11.7 Å². The molecule has 1 aliphatic rings. The maximum absolute atomic E-state index is 11.7. The number of nitrogens with two attached hydrogens (primary N) is 1. The Kier molecular flexibility index (Phi) is 8.13. The summed E-state index contributed by atoms with van der Waals surface area (Å²) in [5.41, 5.74) is 9.11. The number of unbranched alkanes of at least 4 members (excludes halogenated alkanes) is 2. The number of hydrogen-bond donors (Lipinski definition) is 1. The van der Waals surface area contributed by atoms with Gasteiger partial charge in [-0.1, -0.05) is 17.4 Å². The first-order valence-corrected chi connectivity index (χ1v) is 10.6. The minimum atomic E-state index is 0.188. The number of anilines is 2. The van der Waals surface area contributed by atoms with Gasteiger partial charge in [-0.15, -0.1) is 0 Å². The quantitative estimate of drug-likeness (QED) is 0.417. The standard InChI is InChI=1S/C24H29N5O2/c1-18(2)13-21(30)8-6-4-3-5-7-19-14-22(20-16-26-24(25)27-17-20)28-23(15-19)29-9-11-31-12-10-29/h13-17H,3-4,6,8-12H2,1-2H3,(H2,25,26,27). The van der Waals surface area contributed by atoms with E-state index in [2.05, 4.69) is 26.7 Å². The summed E-state index contributed by atoms with van der Waals surface area (Å²) in [6.45, 7) is 6.83. The van der Waals surface area contributed by atoms with Gasteiger partial charge >= 0.3 is 0 Å². The third-order valence-corrected chi connectivity index (χ3v) is 4.77. The van der Waals surface area contributed by atoms with E-state index in [1.165, 1.54) is 0 Å². The predicted octanol–water partition coefficient (Wildman–Crippen LogP) is 3.40. The van der Waals surface area contributed by atoms with Gasteiger partial charge in [-0.3, -0.25) is 4.79 Å². The van der Waals surface area contributed by atoms with E-state index >= 15 is 0 Å². The molecular weight excluding hydrogens is 390 g/mol. The lowest BCUT2D eigenvalue weighted by Gasteiger charge is -2.28. The van der Waals surface area contributed by atoms with Gasteiger partial charge in [0.25, 0.3) is 0 Å². The lowest BCUT2D eigenvalue weighted by molar-refractivity contribution is -0.114. The number of ether oxygens (including phenoxy) is 1. The molecule has 0 amide bonds.